The molecule has 2 fully saturated rings. The van der Waals surface area contributed by atoms with E-state index in [1.54, 1.807) is 16.0 Å². The second-order valence-corrected chi connectivity index (χ2v) is 8.67. The van der Waals surface area contributed by atoms with Crippen LogP contribution in [-0.4, -0.2) is 58.6 Å². The highest BCUT2D eigenvalue weighted by atomic mass is 16.2. The molecule has 170 valence electrons. The summed E-state index contributed by atoms with van der Waals surface area (Å²) in [7, 11) is 0. The zero-order valence-corrected chi connectivity index (χ0v) is 18.7. The van der Waals surface area contributed by atoms with Gasteiger partial charge in [-0.15, -0.1) is 0 Å². The van der Waals surface area contributed by atoms with Gasteiger partial charge in [-0.05, 0) is 24.8 Å². The largest absolute Gasteiger partial charge is 0.331 e. The van der Waals surface area contributed by atoms with Crippen LogP contribution in [0.15, 0.2) is 67.0 Å². The lowest BCUT2D eigenvalue weighted by atomic mass is 10.0. The summed E-state index contributed by atoms with van der Waals surface area (Å²) in [6, 6.07) is 20.1. The molecule has 1 aromatic heterocycles. The second kappa shape index (κ2) is 9.58. The van der Waals surface area contributed by atoms with Gasteiger partial charge in [0.1, 0.15) is 12.0 Å². The minimum Gasteiger partial charge on any atom is -0.331 e. The van der Waals surface area contributed by atoms with Crippen molar-refractivity contribution >= 4 is 11.8 Å². The monoisotopic (exact) mass is 443 g/mol. The smallest absolute Gasteiger partial charge is 0.275 e. The van der Waals surface area contributed by atoms with E-state index in [1.165, 1.54) is 5.56 Å². The molecule has 2 aliphatic rings. The molecule has 5 rings (SSSR count). The fraction of sp³-hybridized carbons (Fsp3) is 0.346. The lowest BCUT2D eigenvalue weighted by Gasteiger charge is -2.36. The molecule has 7 nitrogen and oxygen atoms in total. The molecule has 2 aliphatic heterocycles. The molecule has 7 heteroatoms. The van der Waals surface area contributed by atoms with Gasteiger partial charge in [0.15, 0.2) is 5.69 Å². The van der Waals surface area contributed by atoms with E-state index in [-0.39, 0.29) is 17.9 Å². The molecule has 1 atom stereocenters. The average Bonchev–Trinajstić information content (AvgIpc) is 3.30. The number of carbonyl (C=O) groups excluding carboxylic acids is 2. The molecule has 0 aliphatic carbocycles. The summed E-state index contributed by atoms with van der Waals surface area (Å²) in [6.45, 7) is 2.75. The van der Waals surface area contributed by atoms with E-state index in [0.717, 1.165) is 37.9 Å². The topological polar surface area (TPSA) is 70.5 Å². The predicted molar refractivity (Wildman–Crippen MR) is 127 cm³/mol. The van der Waals surface area contributed by atoms with E-state index in [1.807, 2.05) is 53.4 Å². The molecule has 0 bridgehead atoms. The van der Waals surface area contributed by atoms with Crippen molar-refractivity contribution in [2.24, 2.45) is 0 Å². The number of rotatable bonds is 5. The van der Waals surface area contributed by atoms with Crippen molar-refractivity contribution in [3.8, 4) is 11.3 Å². The molecule has 2 amide bonds. The first kappa shape index (κ1) is 21.4. The Balaban J connectivity index is 1.51. The SMILES string of the molecule is O=C(c1ncn(N2CCCCC2=O)c1-c1ccccc1)N1CCNC[C@H]1Cc1ccccc1. The van der Waals surface area contributed by atoms with Gasteiger partial charge in [0, 0.05) is 44.2 Å². The van der Waals surface area contributed by atoms with Gasteiger partial charge in [-0.3, -0.25) is 9.59 Å². The molecule has 2 aromatic carbocycles. The lowest BCUT2D eigenvalue weighted by Crippen LogP contribution is -2.54. The van der Waals surface area contributed by atoms with Crippen LogP contribution in [0.25, 0.3) is 11.3 Å². The summed E-state index contributed by atoms with van der Waals surface area (Å²) < 4.78 is 1.79. The van der Waals surface area contributed by atoms with Crippen LogP contribution in [0.3, 0.4) is 0 Å². The molecule has 3 heterocycles. The van der Waals surface area contributed by atoms with E-state index in [9.17, 15) is 9.59 Å². The van der Waals surface area contributed by atoms with Crippen LogP contribution in [0.4, 0.5) is 0 Å². The first-order valence-corrected chi connectivity index (χ1v) is 11.7. The summed E-state index contributed by atoms with van der Waals surface area (Å²) in [4.78, 5) is 33.1. The number of hydrogen-bond acceptors (Lipinski definition) is 4. The Labute approximate surface area is 194 Å². The number of carbonyl (C=O) groups is 2. The number of imidazole rings is 1. The molecule has 0 unspecified atom stereocenters. The lowest BCUT2D eigenvalue weighted by molar-refractivity contribution is -0.121. The molecule has 33 heavy (non-hydrogen) atoms. The zero-order chi connectivity index (χ0) is 22.6. The molecule has 1 N–H and O–H groups in total. The number of nitrogens with zero attached hydrogens (tertiary/aromatic N) is 4. The molecule has 2 saturated heterocycles. The van der Waals surface area contributed by atoms with Gasteiger partial charge in [-0.25, -0.2) is 14.7 Å². The third-order valence-corrected chi connectivity index (χ3v) is 6.48. The molecule has 0 saturated carbocycles. The highest BCUT2D eigenvalue weighted by Gasteiger charge is 2.33. The van der Waals surface area contributed by atoms with Crippen molar-refractivity contribution in [2.75, 3.05) is 31.2 Å². The van der Waals surface area contributed by atoms with Crippen molar-refractivity contribution in [3.05, 3.63) is 78.2 Å². The van der Waals surface area contributed by atoms with Crippen LogP contribution in [0, 0.1) is 0 Å². The third kappa shape index (κ3) is 4.41. The van der Waals surface area contributed by atoms with Gasteiger partial charge in [0.05, 0.1) is 0 Å². The maximum Gasteiger partial charge on any atom is 0.275 e. The normalized spacial score (nSPS) is 19.0. The van der Waals surface area contributed by atoms with Gasteiger partial charge in [-0.2, -0.15) is 0 Å². The number of hydrogen-bond donors (Lipinski definition) is 1. The first-order valence-electron chi connectivity index (χ1n) is 11.7. The number of amides is 2. The van der Waals surface area contributed by atoms with Crippen LogP contribution in [0.5, 0.6) is 0 Å². The Morgan fingerprint density at radius 1 is 1.00 bits per heavy atom. The minimum absolute atomic E-state index is 0.0408. The summed E-state index contributed by atoms with van der Waals surface area (Å²) >= 11 is 0. The van der Waals surface area contributed by atoms with E-state index >= 15 is 0 Å². The summed E-state index contributed by atoms with van der Waals surface area (Å²) in [5.74, 6) is -0.0153. The van der Waals surface area contributed by atoms with Crippen molar-refractivity contribution in [1.29, 1.82) is 0 Å². The van der Waals surface area contributed by atoms with Crippen molar-refractivity contribution in [3.63, 3.8) is 0 Å². The highest BCUT2D eigenvalue weighted by Crippen LogP contribution is 2.27. The number of piperazine rings is 1. The van der Waals surface area contributed by atoms with Gasteiger partial charge in [0.25, 0.3) is 5.91 Å². The van der Waals surface area contributed by atoms with Crippen molar-refractivity contribution in [2.45, 2.75) is 31.7 Å². The first-order chi connectivity index (χ1) is 16.2. The average molecular weight is 444 g/mol. The van der Waals surface area contributed by atoms with Crippen LogP contribution < -0.4 is 10.3 Å². The summed E-state index contributed by atoms with van der Waals surface area (Å²) in [6.07, 6.45) is 4.78. The molecule has 0 spiro atoms. The fourth-order valence-corrected chi connectivity index (χ4v) is 4.80. The number of nitrogens with one attached hydrogen (secondary N) is 1. The molecule has 0 radical (unpaired) electrons. The third-order valence-electron chi connectivity index (χ3n) is 6.48. The maximum absolute atomic E-state index is 13.9. The Morgan fingerprint density at radius 2 is 1.76 bits per heavy atom. The van der Waals surface area contributed by atoms with Gasteiger partial charge in [-0.1, -0.05) is 60.7 Å². The van der Waals surface area contributed by atoms with Crippen LogP contribution >= 0.6 is 0 Å². The van der Waals surface area contributed by atoms with Crippen LogP contribution in [0.2, 0.25) is 0 Å². The summed E-state index contributed by atoms with van der Waals surface area (Å²) in [5, 5.41) is 5.16. The van der Waals surface area contributed by atoms with E-state index < -0.39 is 0 Å². The van der Waals surface area contributed by atoms with E-state index in [0.29, 0.717) is 30.9 Å². The number of aromatic nitrogens is 2. The molecule has 3 aromatic rings. The molecular formula is C26H29N5O2. The Hall–Kier alpha value is -3.45. The van der Waals surface area contributed by atoms with Crippen molar-refractivity contribution in [1.82, 2.24) is 19.9 Å². The van der Waals surface area contributed by atoms with Gasteiger partial charge >= 0.3 is 0 Å². The minimum atomic E-state index is -0.0838. The van der Waals surface area contributed by atoms with E-state index in [4.69, 9.17) is 0 Å². The standard InChI is InChI=1S/C26H29N5O2/c32-23-13-7-8-15-30(23)31-19-28-24(25(31)21-11-5-2-6-12-21)26(33)29-16-14-27-18-22(29)17-20-9-3-1-4-10-20/h1-6,9-12,19,22,27H,7-8,13-18H2/t22-/m1/s1. The van der Waals surface area contributed by atoms with Crippen LogP contribution in [-0.2, 0) is 11.2 Å². The van der Waals surface area contributed by atoms with Crippen LogP contribution in [0.1, 0.15) is 35.3 Å². The Morgan fingerprint density at radius 3 is 2.52 bits per heavy atom. The second-order valence-electron chi connectivity index (χ2n) is 8.67. The zero-order valence-electron chi connectivity index (χ0n) is 18.7. The highest BCUT2D eigenvalue weighted by molar-refractivity contribution is 5.99. The van der Waals surface area contributed by atoms with Crippen molar-refractivity contribution < 1.29 is 9.59 Å². The quantitative estimate of drug-likeness (QED) is 0.658. The Bertz CT molecular complexity index is 1110. The number of piperidine rings is 1. The summed E-state index contributed by atoms with van der Waals surface area (Å²) in [5.41, 5.74) is 3.18. The number of benzene rings is 2. The Kier molecular flexibility index (Phi) is 6.21. The van der Waals surface area contributed by atoms with E-state index in [2.05, 4.69) is 22.4 Å². The fourth-order valence-electron chi connectivity index (χ4n) is 4.80. The van der Waals surface area contributed by atoms with Gasteiger partial charge in [0.2, 0.25) is 5.91 Å². The van der Waals surface area contributed by atoms with Gasteiger partial charge < -0.3 is 10.2 Å². The predicted octanol–water partition coefficient (Wildman–Crippen LogP) is 2.86. The maximum atomic E-state index is 13.9. The molecular weight excluding hydrogens is 414 g/mol.